The molecule has 0 amide bonds. The minimum absolute atomic E-state index is 0.984. The molecule has 0 spiro atoms. The summed E-state index contributed by atoms with van der Waals surface area (Å²) in [5, 5.41) is 0. The summed E-state index contributed by atoms with van der Waals surface area (Å²) in [6, 6.07) is 0. The molecule has 1 nitrogen and oxygen atoms in total. The van der Waals surface area contributed by atoms with E-state index in [2.05, 4.69) is 4.74 Å². The number of halogens is 9. The van der Waals surface area contributed by atoms with Crippen LogP contribution in [0.25, 0.3) is 0 Å². The molecule has 0 aliphatic carbocycles. The van der Waals surface area contributed by atoms with Gasteiger partial charge in [0.1, 0.15) is 0 Å². The Labute approximate surface area is 99.2 Å². The smallest absolute Gasteiger partial charge is 0.330 e. The Kier molecular flexibility index (Phi) is 4.49. The third kappa shape index (κ3) is 3.01. The molecule has 104 valence electrons. The lowest BCUT2D eigenvalue weighted by Crippen LogP contribution is -2.61. The minimum atomic E-state index is -6.61. The molecule has 0 saturated heterocycles. The van der Waals surface area contributed by atoms with Crippen LogP contribution in [0.15, 0.2) is 0 Å². The molecule has 0 N–H and O–H groups in total. The fourth-order valence-electron chi connectivity index (χ4n) is 0.731. The highest BCUT2D eigenvalue weighted by atomic mass is 79.9. The molecule has 0 bridgehead atoms. The molecule has 0 saturated carbocycles. The molecule has 1 unspecified atom stereocenters. The van der Waals surface area contributed by atoms with E-state index in [4.69, 9.17) is 0 Å². The van der Waals surface area contributed by atoms with Gasteiger partial charge in [-0.2, -0.15) is 35.1 Å². The predicted molar refractivity (Wildman–Crippen MR) is 44.9 cm³/mol. The van der Waals surface area contributed by atoms with Gasteiger partial charge in [-0.3, -0.25) is 0 Å². The summed E-state index contributed by atoms with van der Waals surface area (Å²) in [6.45, 7) is 1.97. The van der Waals surface area contributed by atoms with E-state index < -0.39 is 28.9 Å². The fourth-order valence-corrected chi connectivity index (χ4v) is 1.35. The van der Waals surface area contributed by atoms with Crippen LogP contribution in [0.4, 0.5) is 35.1 Å². The Morgan fingerprint density at radius 3 is 1.41 bits per heavy atom. The van der Waals surface area contributed by atoms with E-state index in [-0.39, 0.29) is 0 Å². The average Bonchev–Trinajstić information content (AvgIpc) is 1.98. The second-order valence-electron chi connectivity index (χ2n) is 3.33. The van der Waals surface area contributed by atoms with Crippen molar-refractivity contribution in [1.82, 2.24) is 0 Å². The van der Waals surface area contributed by atoms with E-state index in [1.165, 1.54) is 15.9 Å². The topological polar surface area (TPSA) is 9.23 Å². The van der Waals surface area contributed by atoms with Crippen LogP contribution in [0, 0.1) is 0 Å². The molecule has 0 fully saturated rings. The molecule has 0 rings (SSSR count). The van der Waals surface area contributed by atoms with Gasteiger partial charge in [-0.25, -0.2) is 0 Å². The van der Waals surface area contributed by atoms with Gasteiger partial charge in [-0.15, -0.1) is 0 Å². The standard InChI is InChI=1S/C7H7BrF8O/c1-3(2)17-6(8,13)4(9,10)5(11,12)7(14,15)16/h3H,1-2H3. The van der Waals surface area contributed by atoms with Gasteiger partial charge in [-0.1, -0.05) is 0 Å². The second kappa shape index (κ2) is 4.52. The fraction of sp³-hybridized carbons (Fsp3) is 1.00. The van der Waals surface area contributed by atoms with Gasteiger partial charge >= 0.3 is 22.8 Å². The van der Waals surface area contributed by atoms with E-state index in [1.807, 2.05) is 0 Å². The molecule has 0 aromatic heterocycles. The Morgan fingerprint density at radius 2 is 1.18 bits per heavy atom. The maximum absolute atomic E-state index is 13.1. The highest BCUT2D eigenvalue weighted by molar-refractivity contribution is 9.10. The molecular formula is C7H7BrF8O. The van der Waals surface area contributed by atoms with Crippen LogP contribution >= 0.6 is 15.9 Å². The lowest BCUT2D eigenvalue weighted by molar-refractivity contribution is -0.395. The zero-order valence-corrected chi connectivity index (χ0v) is 9.97. The summed E-state index contributed by atoms with van der Waals surface area (Å²) in [6.07, 6.45) is -7.95. The molecule has 1 atom stereocenters. The van der Waals surface area contributed by atoms with Crippen LogP contribution < -0.4 is 0 Å². The first-order chi connectivity index (χ1) is 7.17. The third-order valence-corrected chi connectivity index (χ3v) is 2.18. The van der Waals surface area contributed by atoms with Crippen molar-refractivity contribution in [3.8, 4) is 0 Å². The van der Waals surface area contributed by atoms with Crippen molar-refractivity contribution in [1.29, 1.82) is 0 Å². The normalized spacial score (nSPS) is 18.4. The largest absolute Gasteiger partial charge is 0.460 e. The predicted octanol–water partition coefficient (Wildman–Crippen LogP) is 4.26. The summed E-state index contributed by atoms with van der Waals surface area (Å²) in [5.74, 6) is -12.7. The molecule has 0 aliphatic heterocycles. The Balaban J connectivity index is 5.39. The van der Waals surface area contributed by atoms with Crippen LogP contribution in [0.2, 0.25) is 0 Å². The second-order valence-corrected chi connectivity index (χ2v) is 4.35. The quantitative estimate of drug-likeness (QED) is 0.549. The maximum Gasteiger partial charge on any atom is 0.460 e. The molecular weight excluding hydrogens is 332 g/mol. The van der Waals surface area contributed by atoms with Crippen molar-refractivity contribution in [2.24, 2.45) is 0 Å². The molecule has 0 aromatic rings. The van der Waals surface area contributed by atoms with Crippen LogP contribution in [0.1, 0.15) is 13.8 Å². The Hall–Kier alpha value is -0.120. The van der Waals surface area contributed by atoms with Crippen molar-refractivity contribution < 1.29 is 39.9 Å². The third-order valence-electron chi connectivity index (χ3n) is 1.50. The summed E-state index contributed by atoms with van der Waals surface area (Å²) in [4.78, 5) is 0. The van der Waals surface area contributed by atoms with Crippen molar-refractivity contribution in [3.63, 3.8) is 0 Å². The van der Waals surface area contributed by atoms with Gasteiger partial charge in [-0.05, 0) is 29.8 Å². The highest BCUT2D eigenvalue weighted by Gasteiger charge is 2.81. The van der Waals surface area contributed by atoms with Gasteiger partial charge in [0.25, 0.3) is 0 Å². The summed E-state index contributed by atoms with van der Waals surface area (Å²) in [7, 11) is 0. The minimum Gasteiger partial charge on any atom is -0.330 e. The van der Waals surface area contributed by atoms with Crippen LogP contribution in [-0.4, -0.2) is 28.9 Å². The summed E-state index contributed by atoms with van der Waals surface area (Å²) in [5.41, 5.74) is 0. The molecule has 0 aliphatic rings. The maximum atomic E-state index is 13.1. The van der Waals surface area contributed by atoms with Crippen molar-refractivity contribution in [2.45, 2.75) is 42.7 Å². The first kappa shape index (κ1) is 16.9. The summed E-state index contributed by atoms with van der Waals surface area (Å²) < 4.78 is 97.8. The Bertz CT molecular complexity index is 272. The zero-order valence-electron chi connectivity index (χ0n) is 8.39. The Morgan fingerprint density at radius 1 is 0.824 bits per heavy atom. The number of alkyl halides is 9. The van der Waals surface area contributed by atoms with Crippen molar-refractivity contribution in [2.75, 3.05) is 0 Å². The van der Waals surface area contributed by atoms with E-state index in [0.29, 0.717) is 0 Å². The first-order valence-electron chi connectivity index (χ1n) is 4.05. The molecule has 0 radical (unpaired) electrons. The molecule has 0 aromatic carbocycles. The van der Waals surface area contributed by atoms with E-state index in [0.717, 1.165) is 13.8 Å². The zero-order chi connectivity index (χ0) is 14.3. The van der Waals surface area contributed by atoms with Gasteiger partial charge in [0.15, 0.2) is 0 Å². The van der Waals surface area contributed by atoms with Crippen LogP contribution in [0.5, 0.6) is 0 Å². The molecule has 10 heteroatoms. The number of hydrogen-bond acceptors (Lipinski definition) is 1. The molecule has 17 heavy (non-hydrogen) atoms. The van der Waals surface area contributed by atoms with Gasteiger partial charge in [0.2, 0.25) is 0 Å². The monoisotopic (exact) mass is 338 g/mol. The number of hydrogen-bond donors (Lipinski definition) is 0. The highest BCUT2D eigenvalue weighted by Crippen LogP contribution is 2.55. The molecule has 0 heterocycles. The van der Waals surface area contributed by atoms with Crippen LogP contribution in [0.3, 0.4) is 0 Å². The van der Waals surface area contributed by atoms with E-state index in [1.54, 1.807) is 0 Å². The van der Waals surface area contributed by atoms with Gasteiger partial charge < -0.3 is 4.74 Å². The van der Waals surface area contributed by atoms with Gasteiger partial charge in [0, 0.05) is 0 Å². The lowest BCUT2D eigenvalue weighted by Gasteiger charge is -2.35. The first-order valence-corrected chi connectivity index (χ1v) is 4.84. The van der Waals surface area contributed by atoms with Crippen molar-refractivity contribution in [3.05, 3.63) is 0 Å². The van der Waals surface area contributed by atoms with Crippen LogP contribution in [-0.2, 0) is 4.74 Å². The van der Waals surface area contributed by atoms with E-state index >= 15 is 0 Å². The van der Waals surface area contributed by atoms with Gasteiger partial charge in [0.05, 0.1) is 6.10 Å². The van der Waals surface area contributed by atoms with E-state index in [9.17, 15) is 35.1 Å². The lowest BCUT2D eigenvalue weighted by atomic mass is 10.1. The van der Waals surface area contributed by atoms with Crippen molar-refractivity contribution >= 4 is 15.9 Å². The number of rotatable bonds is 4. The number of ether oxygens (including phenoxy) is 1. The average molecular weight is 339 g/mol. The SMILES string of the molecule is CC(C)OC(F)(Br)C(F)(F)C(F)(F)C(F)(F)F. The summed E-state index contributed by atoms with van der Waals surface area (Å²) >= 11 is 1.41.